The number of piperidine rings is 1. The standard InChI is InChI=1S/2C19H22N4O2S2.C11H19NO3.C8H5N3S.2CH4/c1-10-15-11(6-8-23(10)18(24)25-19(2,3)4)14(16(20)27-15)17-22-12-9-21-7-5-13(12)26-17;1-10-7-11-14(9-23(10)18(24)25-19(2,3)4)26-16(20)15(11)17-22-12-8-21-6-5-13(12)27-17;1-8-7-9(13)5-6-12(8)10(14)15-11(2,3)4;9-3-1-8-11-6-5-10-4-2-7(6)12-8;;/h5,7,9-10H,6,8,20H2,1-4H3;5-6,8,10H,7,9,20H2,1-4H3;8H,5-7H2,1-4H3;2,4-5H,1H2;2*1H4. The molecule has 11 heterocycles. The number of nitrogens with two attached hydrogens (primary N) is 2. The lowest BCUT2D eigenvalue weighted by atomic mass is 9.98. The van der Waals surface area contributed by atoms with Gasteiger partial charge in [-0.05, 0) is 125 Å². The number of hydrogen-bond donors (Lipinski definition) is 2. The van der Waals surface area contributed by atoms with E-state index in [1.807, 2.05) is 101 Å². The Morgan fingerprint density at radius 3 is 1.54 bits per heavy atom. The van der Waals surface area contributed by atoms with E-state index in [1.54, 1.807) is 109 Å². The molecule has 8 aromatic heterocycles. The zero-order valence-electron chi connectivity index (χ0n) is 47.6. The van der Waals surface area contributed by atoms with Crippen molar-refractivity contribution in [3.63, 3.8) is 0 Å². The number of nitrogens with zero attached hydrogens (tertiary/aromatic N) is 10. The minimum Gasteiger partial charge on any atom is -0.444 e. The normalized spacial score (nSPS) is 16.7. The maximum Gasteiger partial charge on any atom is 0.410 e. The van der Waals surface area contributed by atoms with Gasteiger partial charge in [0.15, 0.2) is 0 Å². The van der Waals surface area contributed by atoms with Crippen molar-refractivity contribution in [2.75, 3.05) is 24.6 Å². The van der Waals surface area contributed by atoms with Crippen LogP contribution in [-0.2, 0) is 44.8 Å². The maximum atomic E-state index is 12.6. The number of nitriles is 1. The van der Waals surface area contributed by atoms with Gasteiger partial charge in [-0.2, -0.15) is 5.26 Å². The van der Waals surface area contributed by atoms with E-state index in [0.29, 0.717) is 38.9 Å². The predicted octanol–water partition coefficient (Wildman–Crippen LogP) is 14.5. The van der Waals surface area contributed by atoms with Crippen LogP contribution in [0.4, 0.5) is 24.4 Å². The van der Waals surface area contributed by atoms with E-state index in [0.717, 1.165) is 89.4 Å². The molecule has 0 radical (unpaired) electrons. The zero-order valence-corrected chi connectivity index (χ0v) is 51.7. The molecule has 1 saturated heterocycles. The summed E-state index contributed by atoms with van der Waals surface area (Å²) in [5.41, 5.74) is 18.4. The molecular weight excluding hydrogens is 1150 g/mol. The van der Waals surface area contributed by atoms with Crippen molar-refractivity contribution in [3.8, 4) is 27.2 Å². The molecule has 0 aliphatic carbocycles. The molecule has 3 aliphatic heterocycles. The highest BCUT2D eigenvalue weighted by Crippen LogP contribution is 2.48. The number of amides is 3. The second-order valence-corrected chi connectivity index (χ2v) is 28.1. The van der Waals surface area contributed by atoms with Gasteiger partial charge in [0.1, 0.15) is 48.6 Å². The Bertz CT molecular complexity index is 3510. The highest BCUT2D eigenvalue weighted by Gasteiger charge is 2.37. The fourth-order valence-corrected chi connectivity index (χ4v) is 14.5. The average molecular weight is 1230 g/mol. The molecule has 8 aromatic rings. The quantitative estimate of drug-likeness (QED) is 0.156. The lowest BCUT2D eigenvalue weighted by molar-refractivity contribution is -0.122. The second kappa shape index (κ2) is 26.8. The molecule has 24 heteroatoms. The van der Waals surface area contributed by atoms with Crippen LogP contribution in [0.3, 0.4) is 0 Å². The highest BCUT2D eigenvalue weighted by atomic mass is 32.1. The number of thiazole rings is 3. The first-order valence-electron chi connectivity index (χ1n) is 26.5. The molecular formula is C59H76N12O7S5. The van der Waals surface area contributed by atoms with Crippen LogP contribution in [-0.4, -0.2) is 111 Å². The fourth-order valence-electron chi connectivity index (χ4n) is 9.20. The Morgan fingerprint density at radius 1 is 0.614 bits per heavy atom. The van der Waals surface area contributed by atoms with Gasteiger partial charge in [-0.15, -0.1) is 56.7 Å². The predicted molar refractivity (Wildman–Crippen MR) is 337 cm³/mol. The highest BCUT2D eigenvalue weighted by molar-refractivity contribution is 7.23. The molecule has 3 amide bonds. The number of aromatic nitrogens is 6. The Kier molecular flexibility index (Phi) is 21.0. The van der Waals surface area contributed by atoms with Crippen LogP contribution < -0.4 is 11.5 Å². The molecule has 3 unspecified atom stereocenters. The molecule has 1 fully saturated rings. The molecule has 444 valence electrons. The van der Waals surface area contributed by atoms with Gasteiger partial charge in [0.2, 0.25) is 0 Å². The molecule has 3 atom stereocenters. The van der Waals surface area contributed by atoms with Crippen LogP contribution >= 0.6 is 56.7 Å². The minimum absolute atomic E-state index is 0. The van der Waals surface area contributed by atoms with E-state index in [1.165, 1.54) is 11.1 Å². The number of pyridine rings is 3. The summed E-state index contributed by atoms with van der Waals surface area (Å²) in [4.78, 5) is 81.4. The topological polar surface area (TPSA) is 259 Å². The van der Waals surface area contributed by atoms with Gasteiger partial charge in [0, 0.05) is 77.5 Å². The number of Topliss-reactive ketones (excluding diaryl/α,β-unsaturated/α-hetero) is 1. The summed E-state index contributed by atoms with van der Waals surface area (Å²) in [5.74, 6) is 0.224. The number of fused-ring (bicyclic) bond motifs is 5. The number of carbonyl (C=O) groups excluding carboxylic acids is 4. The molecule has 0 spiro atoms. The summed E-state index contributed by atoms with van der Waals surface area (Å²) >= 11 is 7.90. The Balaban J connectivity index is 0.000000185. The number of carbonyl (C=O) groups is 4. The first kappa shape index (κ1) is 65.2. The minimum atomic E-state index is -0.508. The number of thiophene rings is 2. The van der Waals surface area contributed by atoms with Gasteiger partial charge >= 0.3 is 18.3 Å². The van der Waals surface area contributed by atoms with Crippen LogP contribution in [0.1, 0.15) is 143 Å². The van der Waals surface area contributed by atoms with Crippen molar-refractivity contribution >= 4 is 121 Å². The largest absolute Gasteiger partial charge is 0.444 e. The van der Waals surface area contributed by atoms with Crippen LogP contribution in [0, 0.1) is 11.3 Å². The third-order valence-corrected chi connectivity index (χ3v) is 18.2. The number of anilines is 2. The van der Waals surface area contributed by atoms with Crippen molar-refractivity contribution < 1.29 is 33.4 Å². The van der Waals surface area contributed by atoms with Crippen LogP contribution in [0.25, 0.3) is 51.8 Å². The number of hydrogen-bond acceptors (Lipinski definition) is 21. The number of ketones is 1. The van der Waals surface area contributed by atoms with E-state index in [9.17, 15) is 19.2 Å². The Morgan fingerprint density at radius 2 is 1.06 bits per heavy atom. The third kappa shape index (κ3) is 16.1. The van der Waals surface area contributed by atoms with Gasteiger partial charge in [-0.3, -0.25) is 19.7 Å². The van der Waals surface area contributed by atoms with E-state index >= 15 is 0 Å². The summed E-state index contributed by atoms with van der Waals surface area (Å²) in [6.07, 6.45) is 12.4. The molecule has 19 nitrogen and oxygen atoms in total. The van der Waals surface area contributed by atoms with Gasteiger partial charge in [-0.25, -0.2) is 29.3 Å². The molecule has 3 aliphatic rings. The molecule has 0 aromatic carbocycles. The van der Waals surface area contributed by atoms with Crippen LogP contribution in [0.5, 0.6) is 0 Å². The summed E-state index contributed by atoms with van der Waals surface area (Å²) < 4.78 is 19.7. The summed E-state index contributed by atoms with van der Waals surface area (Å²) in [5, 5.41) is 12.7. The third-order valence-electron chi connectivity index (χ3n) is 12.8. The number of likely N-dealkylation sites (tertiary alicyclic amines) is 1. The van der Waals surface area contributed by atoms with Gasteiger partial charge < -0.3 is 40.4 Å². The number of nitrogen functional groups attached to an aromatic ring is 2. The summed E-state index contributed by atoms with van der Waals surface area (Å²) in [6.45, 7) is 24.4. The van der Waals surface area contributed by atoms with Crippen LogP contribution in [0.15, 0.2) is 55.4 Å². The average Bonchev–Trinajstić information content (AvgIpc) is 4.37. The lowest BCUT2D eigenvalue weighted by Crippen LogP contribution is -2.46. The second-order valence-electron chi connectivity index (χ2n) is 22.7. The van der Waals surface area contributed by atoms with Crippen molar-refractivity contribution in [2.45, 2.75) is 172 Å². The first-order valence-corrected chi connectivity index (χ1v) is 30.5. The summed E-state index contributed by atoms with van der Waals surface area (Å²) in [7, 11) is 0. The number of ether oxygens (including phenoxy) is 3. The SMILES string of the molecule is C.C.CC1CC(=O)CCN1C(=O)OC(C)(C)C.CC1Cc2c(sc(N)c2-c2nc3cnccc3s2)CN1C(=O)OC(C)(C)C.CC1c2sc(N)c(-c3nc4cnccc4s3)c2CCN1C(=O)OC(C)(C)C.N#CCc1nc2cnccc2s1. The van der Waals surface area contributed by atoms with Crippen LogP contribution in [0.2, 0.25) is 0 Å². The first-order chi connectivity index (χ1) is 38.2. The molecule has 11 rings (SSSR count). The van der Waals surface area contributed by atoms with E-state index < -0.39 is 16.8 Å². The monoisotopic (exact) mass is 1220 g/mol. The van der Waals surface area contributed by atoms with Gasteiger partial charge in [-0.1, -0.05) is 14.9 Å². The summed E-state index contributed by atoms with van der Waals surface area (Å²) in [6, 6.07) is 7.85. The fraction of sp³-hybridized carbons (Fsp3) is 0.475. The molecule has 83 heavy (non-hydrogen) atoms. The smallest absolute Gasteiger partial charge is 0.410 e. The Hall–Kier alpha value is -6.91. The zero-order chi connectivity index (χ0) is 58.7. The van der Waals surface area contributed by atoms with Gasteiger partial charge in [0.25, 0.3) is 0 Å². The molecule has 0 bridgehead atoms. The number of rotatable bonds is 3. The van der Waals surface area contributed by atoms with Crippen molar-refractivity contribution in [2.24, 2.45) is 0 Å². The van der Waals surface area contributed by atoms with Crippen molar-refractivity contribution in [1.29, 1.82) is 5.26 Å². The lowest BCUT2D eigenvalue weighted by Gasteiger charge is -2.35. The maximum absolute atomic E-state index is 12.6. The van der Waals surface area contributed by atoms with Crippen molar-refractivity contribution in [3.05, 3.63) is 81.3 Å². The van der Waals surface area contributed by atoms with Gasteiger partial charge in [0.05, 0.1) is 73.3 Å². The van der Waals surface area contributed by atoms with E-state index in [4.69, 9.17) is 40.9 Å². The van der Waals surface area contributed by atoms with Crippen molar-refractivity contribution in [1.82, 2.24) is 44.6 Å². The van der Waals surface area contributed by atoms with E-state index in [2.05, 4.69) is 26.0 Å². The Labute approximate surface area is 506 Å². The molecule has 4 N–H and O–H groups in total. The molecule has 0 saturated carbocycles. The van der Waals surface area contributed by atoms with E-state index in [-0.39, 0.29) is 57.0 Å².